The lowest BCUT2D eigenvalue weighted by Crippen LogP contribution is -1.91. The lowest BCUT2D eigenvalue weighted by atomic mass is 9.84. The van der Waals surface area contributed by atoms with E-state index in [0.717, 1.165) is 5.69 Å². The molecule has 1 nitrogen and oxygen atoms in total. The van der Waals surface area contributed by atoms with Gasteiger partial charge >= 0.3 is 0 Å². The first-order valence-corrected chi connectivity index (χ1v) is 16.6. The molecule has 0 amide bonds. The number of rotatable bonds is 3. The molecule has 0 aliphatic rings. The van der Waals surface area contributed by atoms with Crippen LogP contribution in [0.3, 0.4) is 0 Å². The monoisotopic (exact) mass is 605 g/mol. The van der Waals surface area contributed by atoms with Gasteiger partial charge in [-0.25, -0.2) is 0 Å². The van der Waals surface area contributed by atoms with E-state index in [9.17, 15) is 0 Å². The van der Waals surface area contributed by atoms with Crippen LogP contribution >= 0.6 is 0 Å². The van der Waals surface area contributed by atoms with Crippen LogP contribution in [0, 0.1) is 0 Å². The van der Waals surface area contributed by atoms with Gasteiger partial charge in [0.05, 0.1) is 5.69 Å². The number of pyridine rings is 1. The van der Waals surface area contributed by atoms with Crippen LogP contribution in [-0.2, 0) is 0 Å². The lowest BCUT2D eigenvalue weighted by molar-refractivity contribution is 1.33. The van der Waals surface area contributed by atoms with Gasteiger partial charge in [0.1, 0.15) is 0 Å². The molecule has 10 aromatic carbocycles. The molecule has 0 unspecified atom stereocenters. The summed E-state index contributed by atoms with van der Waals surface area (Å²) in [5.41, 5.74) is 7.25. The van der Waals surface area contributed by atoms with Gasteiger partial charge < -0.3 is 0 Å². The van der Waals surface area contributed by atoms with Crippen molar-refractivity contribution in [3.63, 3.8) is 0 Å². The fraction of sp³-hybridized carbons (Fsp3) is 0. The predicted octanol–water partition coefficient (Wildman–Crippen LogP) is 13.0. The average molecular weight is 606 g/mol. The van der Waals surface area contributed by atoms with Crippen LogP contribution in [0.15, 0.2) is 164 Å². The Morgan fingerprint density at radius 3 is 1.56 bits per heavy atom. The zero-order valence-electron chi connectivity index (χ0n) is 26.0. The Bertz CT molecular complexity index is 3020. The van der Waals surface area contributed by atoms with Gasteiger partial charge in [0.15, 0.2) is 0 Å². The first-order valence-electron chi connectivity index (χ1n) is 16.6. The highest BCUT2D eigenvalue weighted by Crippen LogP contribution is 2.55. The van der Waals surface area contributed by atoms with E-state index < -0.39 is 0 Å². The SMILES string of the molecule is c1ccc(-c2c3cc4c5ccccc5c5cccc(c3c(-c3ccccc3)c3c6cccc7c(-c8ccccn8)ccc(c23)c76)c54)cc1. The Morgan fingerprint density at radius 2 is 0.833 bits per heavy atom. The molecule has 48 heavy (non-hydrogen) atoms. The largest absolute Gasteiger partial charge is 0.256 e. The first kappa shape index (κ1) is 25.8. The molecule has 0 aliphatic heterocycles. The molecular formula is C47H27N. The van der Waals surface area contributed by atoms with Crippen LogP contribution in [0.1, 0.15) is 0 Å². The van der Waals surface area contributed by atoms with Crippen molar-refractivity contribution >= 4 is 75.4 Å². The van der Waals surface area contributed by atoms with Crippen molar-refractivity contribution in [1.29, 1.82) is 0 Å². The van der Waals surface area contributed by atoms with E-state index in [1.165, 1.54) is 103 Å². The Morgan fingerprint density at radius 1 is 0.292 bits per heavy atom. The quantitative estimate of drug-likeness (QED) is 0.183. The second-order valence-corrected chi connectivity index (χ2v) is 13.0. The molecule has 0 N–H and O–H groups in total. The van der Waals surface area contributed by atoms with E-state index in [1.807, 2.05) is 12.3 Å². The highest BCUT2D eigenvalue weighted by molar-refractivity contribution is 6.45. The van der Waals surface area contributed by atoms with Crippen molar-refractivity contribution in [3.8, 4) is 33.5 Å². The minimum Gasteiger partial charge on any atom is -0.256 e. The van der Waals surface area contributed by atoms with Crippen LogP contribution < -0.4 is 0 Å². The van der Waals surface area contributed by atoms with Gasteiger partial charge in [-0.2, -0.15) is 0 Å². The molecule has 220 valence electrons. The van der Waals surface area contributed by atoms with E-state index in [4.69, 9.17) is 4.98 Å². The highest BCUT2D eigenvalue weighted by Gasteiger charge is 2.26. The van der Waals surface area contributed by atoms with Gasteiger partial charge in [0.2, 0.25) is 0 Å². The summed E-state index contributed by atoms with van der Waals surface area (Å²) in [5, 5.41) is 18.3. The summed E-state index contributed by atoms with van der Waals surface area (Å²) < 4.78 is 0. The normalized spacial score (nSPS) is 12.2. The number of aromatic nitrogens is 1. The molecule has 11 rings (SSSR count). The summed E-state index contributed by atoms with van der Waals surface area (Å²) >= 11 is 0. The summed E-state index contributed by atoms with van der Waals surface area (Å²) in [6.07, 6.45) is 1.89. The van der Waals surface area contributed by atoms with Crippen molar-refractivity contribution < 1.29 is 0 Å². The fourth-order valence-corrected chi connectivity index (χ4v) is 8.76. The third-order valence-corrected chi connectivity index (χ3v) is 10.6. The van der Waals surface area contributed by atoms with Crippen LogP contribution in [0.4, 0.5) is 0 Å². The summed E-state index contributed by atoms with van der Waals surface area (Å²) in [6, 6.07) is 58.1. The van der Waals surface area contributed by atoms with Crippen LogP contribution in [0.2, 0.25) is 0 Å². The molecule has 11 aromatic rings. The minimum absolute atomic E-state index is 0.998. The average Bonchev–Trinajstić information content (AvgIpc) is 3.66. The summed E-state index contributed by atoms with van der Waals surface area (Å²) in [7, 11) is 0. The van der Waals surface area contributed by atoms with E-state index >= 15 is 0 Å². The Balaban J connectivity index is 1.48. The molecule has 0 spiro atoms. The fourth-order valence-electron chi connectivity index (χ4n) is 8.76. The molecule has 0 radical (unpaired) electrons. The van der Waals surface area contributed by atoms with Crippen molar-refractivity contribution in [3.05, 3.63) is 164 Å². The molecule has 0 fully saturated rings. The number of fused-ring (bicyclic) bond motifs is 8. The summed E-state index contributed by atoms with van der Waals surface area (Å²) in [6.45, 7) is 0. The molecule has 0 saturated carbocycles. The number of hydrogen-bond donors (Lipinski definition) is 0. The minimum atomic E-state index is 0.998. The zero-order valence-corrected chi connectivity index (χ0v) is 26.0. The molecule has 1 heteroatoms. The second-order valence-electron chi connectivity index (χ2n) is 13.0. The maximum atomic E-state index is 4.78. The molecule has 0 bridgehead atoms. The van der Waals surface area contributed by atoms with Crippen molar-refractivity contribution in [2.75, 3.05) is 0 Å². The standard InChI is InChI=1S/C47H27N/c1-3-13-28(14-4-1)41-39-27-38-31-18-8-7-17-30(31)33-19-11-21-35(44(33)38)45(39)42(29-15-5-2-6-16-29)47-36-22-12-20-34-32(40-23-9-10-26-48-40)24-25-37(43(34)36)46(41)47/h1-27H. The van der Waals surface area contributed by atoms with E-state index in [2.05, 4.69) is 152 Å². The molecule has 0 saturated heterocycles. The molecule has 0 atom stereocenters. The summed E-state index contributed by atoms with van der Waals surface area (Å²) in [5.74, 6) is 0. The first-order chi connectivity index (χ1) is 23.9. The topological polar surface area (TPSA) is 12.9 Å². The molecule has 1 heterocycles. The van der Waals surface area contributed by atoms with Gasteiger partial charge in [-0.3, -0.25) is 4.98 Å². The second kappa shape index (κ2) is 9.61. The van der Waals surface area contributed by atoms with Gasteiger partial charge in [0, 0.05) is 11.8 Å². The van der Waals surface area contributed by atoms with Gasteiger partial charge in [-0.05, 0) is 116 Å². The number of hydrogen-bond acceptors (Lipinski definition) is 1. The maximum absolute atomic E-state index is 4.78. The van der Waals surface area contributed by atoms with Crippen molar-refractivity contribution in [2.45, 2.75) is 0 Å². The van der Waals surface area contributed by atoms with Crippen LogP contribution in [-0.4, -0.2) is 4.98 Å². The Hall–Kier alpha value is -6.31. The van der Waals surface area contributed by atoms with Gasteiger partial charge in [-0.1, -0.05) is 140 Å². The molecule has 1 aromatic heterocycles. The van der Waals surface area contributed by atoms with Crippen LogP contribution in [0.5, 0.6) is 0 Å². The molecular weight excluding hydrogens is 579 g/mol. The number of benzene rings is 8. The maximum Gasteiger partial charge on any atom is 0.0708 e. The summed E-state index contributed by atoms with van der Waals surface area (Å²) in [4.78, 5) is 4.78. The van der Waals surface area contributed by atoms with E-state index in [1.54, 1.807) is 0 Å². The van der Waals surface area contributed by atoms with Crippen molar-refractivity contribution in [1.82, 2.24) is 4.98 Å². The van der Waals surface area contributed by atoms with Gasteiger partial charge in [0.25, 0.3) is 0 Å². The lowest BCUT2D eigenvalue weighted by Gasteiger charge is -2.19. The van der Waals surface area contributed by atoms with E-state index in [0.29, 0.717) is 0 Å². The molecule has 0 aliphatic carbocycles. The van der Waals surface area contributed by atoms with E-state index in [-0.39, 0.29) is 0 Å². The zero-order chi connectivity index (χ0) is 31.3. The highest BCUT2D eigenvalue weighted by atomic mass is 14.7. The predicted molar refractivity (Wildman–Crippen MR) is 205 cm³/mol. The third-order valence-electron chi connectivity index (χ3n) is 10.6. The van der Waals surface area contributed by atoms with Crippen LogP contribution in [0.25, 0.3) is 109 Å². The smallest absolute Gasteiger partial charge is 0.0708 e. The van der Waals surface area contributed by atoms with Gasteiger partial charge in [-0.15, -0.1) is 0 Å². The third kappa shape index (κ3) is 3.32. The Labute approximate surface area is 277 Å². The number of nitrogens with zero attached hydrogens (tertiary/aromatic N) is 1. The Kier molecular flexibility index (Phi) is 5.17. The van der Waals surface area contributed by atoms with Crippen molar-refractivity contribution in [2.24, 2.45) is 0 Å².